The molecule has 0 spiro atoms. The topological polar surface area (TPSA) is 95.5 Å². The third-order valence-corrected chi connectivity index (χ3v) is 3.47. The molecule has 3 N–H and O–H groups in total. The largest absolute Gasteiger partial charge is 0.480 e. The molecule has 0 aliphatic rings. The van der Waals surface area contributed by atoms with Crippen molar-refractivity contribution in [1.29, 1.82) is 0 Å². The Morgan fingerprint density at radius 2 is 1.72 bits per heavy atom. The zero-order valence-corrected chi connectivity index (χ0v) is 13.9. The van der Waals surface area contributed by atoms with Crippen LogP contribution in [0.2, 0.25) is 0 Å². The van der Waals surface area contributed by atoms with Gasteiger partial charge >= 0.3 is 5.97 Å². The van der Waals surface area contributed by atoms with Crippen LogP contribution in [0.3, 0.4) is 0 Å². The van der Waals surface area contributed by atoms with Gasteiger partial charge in [-0.15, -0.1) is 0 Å². The molecule has 6 nitrogen and oxygen atoms in total. The van der Waals surface area contributed by atoms with Crippen molar-refractivity contribution < 1.29 is 28.3 Å². The van der Waals surface area contributed by atoms with E-state index in [1.54, 1.807) is 31.2 Å². The Morgan fingerprint density at radius 3 is 2.24 bits per heavy atom. The molecule has 1 aromatic rings. The van der Waals surface area contributed by atoms with E-state index in [1.165, 1.54) is 0 Å². The highest BCUT2D eigenvalue weighted by molar-refractivity contribution is 5.90. The zero-order valence-electron chi connectivity index (χ0n) is 13.9. The maximum atomic E-state index is 12.4. The van der Waals surface area contributed by atoms with Crippen LogP contribution in [0.25, 0.3) is 0 Å². The summed E-state index contributed by atoms with van der Waals surface area (Å²) in [6, 6.07) is 6.22. The number of carboxylic acids is 1. The molecule has 0 radical (unpaired) electrons. The first-order valence-electron chi connectivity index (χ1n) is 7.98. The van der Waals surface area contributed by atoms with Crippen molar-refractivity contribution in [2.45, 2.75) is 51.1 Å². The minimum Gasteiger partial charge on any atom is -0.480 e. The Kier molecular flexibility index (Phi) is 8.52. The number of rotatable bonds is 10. The van der Waals surface area contributed by atoms with Gasteiger partial charge in [-0.1, -0.05) is 43.7 Å². The van der Waals surface area contributed by atoms with Crippen molar-refractivity contribution in [3.05, 3.63) is 35.9 Å². The molecule has 0 bridgehead atoms. The molecule has 0 aliphatic carbocycles. The van der Waals surface area contributed by atoms with E-state index in [0.717, 1.165) is 5.56 Å². The van der Waals surface area contributed by atoms with Gasteiger partial charge in [0.15, 0.2) is 0 Å². The number of benzene rings is 1. The first-order valence-corrected chi connectivity index (χ1v) is 7.98. The molecule has 2 amide bonds. The molecule has 8 heteroatoms. The average molecular weight is 356 g/mol. The molecule has 0 saturated heterocycles. The van der Waals surface area contributed by atoms with Gasteiger partial charge in [0.1, 0.15) is 12.1 Å². The number of carbonyl (C=O) groups is 3. The van der Waals surface area contributed by atoms with Crippen LogP contribution in [0, 0.1) is 0 Å². The summed E-state index contributed by atoms with van der Waals surface area (Å²) >= 11 is 0. The summed E-state index contributed by atoms with van der Waals surface area (Å²) in [5.74, 6) is -2.73. The normalized spacial score (nSPS) is 13.1. The number of halogens is 2. The number of alkyl halides is 2. The quantitative estimate of drug-likeness (QED) is 0.595. The third kappa shape index (κ3) is 7.73. The van der Waals surface area contributed by atoms with E-state index < -0.39 is 42.7 Å². The summed E-state index contributed by atoms with van der Waals surface area (Å²) in [5.41, 5.74) is 0.761. The molecule has 138 valence electrons. The van der Waals surface area contributed by atoms with E-state index in [4.69, 9.17) is 5.11 Å². The lowest BCUT2D eigenvalue weighted by Crippen LogP contribution is -2.52. The summed E-state index contributed by atoms with van der Waals surface area (Å²) in [6.07, 6.45) is -2.96. The van der Waals surface area contributed by atoms with Crippen LogP contribution in [-0.2, 0) is 20.8 Å². The first kappa shape index (κ1) is 20.5. The van der Waals surface area contributed by atoms with Gasteiger partial charge in [-0.05, 0) is 12.0 Å². The highest BCUT2D eigenvalue weighted by Gasteiger charge is 2.28. The van der Waals surface area contributed by atoms with Gasteiger partial charge in [-0.2, -0.15) is 0 Å². The van der Waals surface area contributed by atoms with E-state index in [0.29, 0.717) is 6.42 Å². The van der Waals surface area contributed by atoms with E-state index in [2.05, 4.69) is 10.6 Å². The maximum Gasteiger partial charge on any atom is 0.326 e. The lowest BCUT2D eigenvalue weighted by molar-refractivity contribution is -0.143. The second-order valence-electron chi connectivity index (χ2n) is 5.60. The summed E-state index contributed by atoms with van der Waals surface area (Å²) < 4.78 is 24.8. The van der Waals surface area contributed by atoms with Crippen LogP contribution < -0.4 is 10.6 Å². The Labute approximate surface area is 144 Å². The predicted octanol–water partition coefficient (Wildman–Crippen LogP) is 1.74. The number of hydrogen-bond donors (Lipinski definition) is 3. The molecule has 0 saturated carbocycles. The van der Waals surface area contributed by atoms with Gasteiger partial charge in [-0.3, -0.25) is 9.59 Å². The maximum absolute atomic E-state index is 12.4. The molecule has 1 rings (SSSR count). The molecule has 2 unspecified atom stereocenters. The second kappa shape index (κ2) is 10.4. The van der Waals surface area contributed by atoms with Crippen molar-refractivity contribution in [1.82, 2.24) is 10.6 Å². The van der Waals surface area contributed by atoms with E-state index in [9.17, 15) is 23.2 Å². The van der Waals surface area contributed by atoms with Crippen LogP contribution >= 0.6 is 0 Å². The second-order valence-corrected chi connectivity index (χ2v) is 5.60. The van der Waals surface area contributed by atoms with Crippen molar-refractivity contribution in [3.63, 3.8) is 0 Å². The summed E-state index contributed by atoms with van der Waals surface area (Å²) in [4.78, 5) is 35.2. The summed E-state index contributed by atoms with van der Waals surface area (Å²) in [7, 11) is 0. The molecular formula is C17H22F2N2O4. The van der Waals surface area contributed by atoms with Gasteiger partial charge in [0.05, 0.1) is 6.42 Å². The molecular weight excluding hydrogens is 334 g/mol. The Balaban J connectivity index is 2.68. The third-order valence-electron chi connectivity index (χ3n) is 3.47. The Hall–Kier alpha value is -2.51. The molecule has 2 atom stereocenters. The first-order chi connectivity index (χ1) is 11.8. The number of carbonyl (C=O) groups excluding carboxylic acids is 2. The molecule has 0 fully saturated rings. The fraction of sp³-hybridized carbons (Fsp3) is 0.471. The molecule has 0 heterocycles. The van der Waals surface area contributed by atoms with Crippen LogP contribution in [0.15, 0.2) is 30.3 Å². The Morgan fingerprint density at radius 1 is 1.08 bits per heavy atom. The number of nitrogens with one attached hydrogen (secondary N) is 2. The number of aliphatic carboxylic acids is 1. The van der Waals surface area contributed by atoms with Gasteiger partial charge < -0.3 is 15.7 Å². The van der Waals surface area contributed by atoms with Crippen LogP contribution in [-0.4, -0.2) is 41.4 Å². The highest BCUT2D eigenvalue weighted by atomic mass is 19.3. The summed E-state index contributed by atoms with van der Waals surface area (Å²) in [6.45, 7) is 1.79. The minimum atomic E-state index is -2.86. The number of amides is 2. The van der Waals surface area contributed by atoms with Crippen molar-refractivity contribution >= 4 is 17.8 Å². The fourth-order valence-electron chi connectivity index (χ4n) is 2.26. The van der Waals surface area contributed by atoms with Gasteiger partial charge in [0.25, 0.3) is 0 Å². The lowest BCUT2D eigenvalue weighted by Gasteiger charge is -2.21. The average Bonchev–Trinajstić information content (AvgIpc) is 2.54. The monoisotopic (exact) mass is 356 g/mol. The van der Waals surface area contributed by atoms with E-state index in [-0.39, 0.29) is 12.8 Å². The summed E-state index contributed by atoms with van der Waals surface area (Å²) in [5, 5.41) is 13.5. The number of carboxylic acid groups (broad SMARTS) is 1. The number of hydrogen-bond acceptors (Lipinski definition) is 3. The van der Waals surface area contributed by atoms with Gasteiger partial charge in [0, 0.05) is 6.42 Å². The molecule has 0 aliphatic heterocycles. The van der Waals surface area contributed by atoms with E-state index >= 15 is 0 Å². The van der Waals surface area contributed by atoms with E-state index in [1.807, 2.05) is 6.07 Å². The highest BCUT2D eigenvalue weighted by Crippen LogP contribution is 2.07. The molecule has 1 aromatic carbocycles. The smallest absolute Gasteiger partial charge is 0.326 e. The SMILES string of the molecule is CCCC(NC(=O)Cc1ccccc1)C(=O)NC(CC(F)F)C(=O)O. The molecule has 0 aromatic heterocycles. The van der Waals surface area contributed by atoms with Crippen molar-refractivity contribution in [2.75, 3.05) is 0 Å². The predicted molar refractivity (Wildman–Crippen MR) is 87.2 cm³/mol. The minimum absolute atomic E-state index is 0.0632. The fourth-order valence-corrected chi connectivity index (χ4v) is 2.26. The lowest BCUT2D eigenvalue weighted by atomic mass is 10.1. The van der Waals surface area contributed by atoms with Gasteiger partial charge in [0.2, 0.25) is 18.2 Å². The van der Waals surface area contributed by atoms with Crippen molar-refractivity contribution in [3.8, 4) is 0 Å². The van der Waals surface area contributed by atoms with Crippen LogP contribution in [0.1, 0.15) is 31.7 Å². The Bertz CT molecular complexity index is 581. The van der Waals surface area contributed by atoms with Crippen LogP contribution in [0.5, 0.6) is 0 Å². The molecule has 25 heavy (non-hydrogen) atoms. The zero-order chi connectivity index (χ0) is 18.8. The van der Waals surface area contributed by atoms with Gasteiger partial charge in [-0.25, -0.2) is 13.6 Å². The van der Waals surface area contributed by atoms with Crippen molar-refractivity contribution in [2.24, 2.45) is 0 Å². The standard InChI is InChI=1S/C17H22F2N2O4/c1-2-6-12(16(23)21-13(17(24)25)10-14(18)19)20-15(22)9-11-7-4-3-5-8-11/h3-5,7-8,12-14H,2,6,9-10H2,1H3,(H,20,22)(H,21,23)(H,24,25). The van der Waals surface area contributed by atoms with Crippen LogP contribution in [0.4, 0.5) is 8.78 Å².